The zero-order valence-corrected chi connectivity index (χ0v) is 14.4. The summed E-state index contributed by atoms with van der Waals surface area (Å²) in [4.78, 5) is 24.7. The highest BCUT2D eigenvalue weighted by atomic mass is 16.6. The van der Waals surface area contributed by atoms with Crippen LogP contribution in [0.3, 0.4) is 0 Å². The predicted octanol–water partition coefficient (Wildman–Crippen LogP) is 2.56. The van der Waals surface area contributed by atoms with Crippen molar-refractivity contribution in [2.75, 3.05) is 13.7 Å². The number of amides is 1. The van der Waals surface area contributed by atoms with Crippen molar-refractivity contribution in [3.63, 3.8) is 0 Å². The molecule has 0 fully saturated rings. The van der Waals surface area contributed by atoms with E-state index in [0.29, 0.717) is 5.75 Å². The number of hydrogen-bond donors (Lipinski definition) is 1. The van der Waals surface area contributed by atoms with Gasteiger partial charge < -0.3 is 14.6 Å². The standard InChI is InChI=1S/C18H23NO5/c1-6-11-23-14-9-7-13(8-10-14)12-15(16(20)21)19(5)17(22)24-18(2,3)4/h1,7-10,15H,11-12H2,2-5H3,(H,20,21)/t15-/m0/s1. The maximum absolute atomic E-state index is 12.1. The van der Waals surface area contributed by atoms with E-state index in [-0.39, 0.29) is 13.0 Å². The van der Waals surface area contributed by atoms with Gasteiger partial charge >= 0.3 is 12.1 Å². The average molecular weight is 333 g/mol. The van der Waals surface area contributed by atoms with Gasteiger partial charge in [0.2, 0.25) is 0 Å². The van der Waals surface area contributed by atoms with E-state index >= 15 is 0 Å². The number of carboxylic acids is 1. The molecule has 0 spiro atoms. The van der Waals surface area contributed by atoms with Gasteiger partial charge in [-0.05, 0) is 38.5 Å². The minimum atomic E-state index is -1.10. The number of carbonyl (C=O) groups is 2. The van der Waals surface area contributed by atoms with Crippen LogP contribution in [0.15, 0.2) is 24.3 Å². The number of likely N-dealkylation sites (N-methyl/N-ethyl adjacent to an activating group) is 1. The number of hydrogen-bond acceptors (Lipinski definition) is 4. The third-order valence-electron chi connectivity index (χ3n) is 3.11. The molecular formula is C18H23NO5. The Hall–Kier alpha value is -2.68. The van der Waals surface area contributed by atoms with Gasteiger partial charge in [0.05, 0.1) is 0 Å². The Morgan fingerprint density at radius 3 is 2.33 bits per heavy atom. The van der Waals surface area contributed by atoms with E-state index in [9.17, 15) is 14.7 Å². The van der Waals surface area contributed by atoms with Gasteiger partial charge in [0.1, 0.15) is 24.0 Å². The minimum absolute atomic E-state index is 0.153. The maximum atomic E-state index is 12.1. The lowest BCUT2D eigenvalue weighted by Crippen LogP contribution is -2.46. The summed E-state index contributed by atoms with van der Waals surface area (Å²) in [6.45, 7) is 5.34. The Morgan fingerprint density at radius 2 is 1.88 bits per heavy atom. The summed E-state index contributed by atoms with van der Waals surface area (Å²) in [5.74, 6) is 1.87. The number of carboxylic acid groups (broad SMARTS) is 1. The largest absolute Gasteiger partial charge is 0.481 e. The van der Waals surface area contributed by atoms with Gasteiger partial charge in [-0.15, -0.1) is 6.42 Å². The van der Waals surface area contributed by atoms with Gasteiger partial charge in [-0.1, -0.05) is 18.1 Å². The normalized spacial score (nSPS) is 12.0. The molecule has 24 heavy (non-hydrogen) atoms. The van der Waals surface area contributed by atoms with Crippen molar-refractivity contribution in [2.45, 2.75) is 38.8 Å². The highest BCUT2D eigenvalue weighted by molar-refractivity contribution is 5.80. The average Bonchev–Trinajstić information content (AvgIpc) is 2.49. The van der Waals surface area contributed by atoms with Gasteiger partial charge in [-0.2, -0.15) is 0 Å². The van der Waals surface area contributed by atoms with Crippen LogP contribution in [0.2, 0.25) is 0 Å². The van der Waals surface area contributed by atoms with E-state index in [1.54, 1.807) is 45.0 Å². The van der Waals surface area contributed by atoms with E-state index < -0.39 is 23.7 Å². The molecular weight excluding hydrogens is 310 g/mol. The summed E-state index contributed by atoms with van der Waals surface area (Å²) >= 11 is 0. The third-order valence-corrected chi connectivity index (χ3v) is 3.11. The molecule has 0 aliphatic rings. The molecule has 1 aromatic carbocycles. The van der Waals surface area contributed by atoms with Gasteiger partial charge in [-0.25, -0.2) is 9.59 Å². The molecule has 1 aromatic rings. The second kappa shape index (κ2) is 8.25. The number of nitrogens with zero attached hydrogens (tertiary/aromatic N) is 1. The highest BCUT2D eigenvalue weighted by Crippen LogP contribution is 2.17. The van der Waals surface area contributed by atoms with Crippen molar-refractivity contribution < 1.29 is 24.2 Å². The van der Waals surface area contributed by atoms with Crippen LogP contribution in [-0.2, 0) is 16.0 Å². The van der Waals surface area contributed by atoms with Gasteiger partial charge in [0.15, 0.2) is 0 Å². The number of benzene rings is 1. The quantitative estimate of drug-likeness (QED) is 0.810. The molecule has 0 aliphatic carbocycles. The zero-order chi connectivity index (χ0) is 18.3. The smallest absolute Gasteiger partial charge is 0.410 e. The molecule has 0 aliphatic heterocycles. The van der Waals surface area contributed by atoms with Gasteiger partial charge in [0, 0.05) is 13.5 Å². The Bertz CT molecular complexity index is 610. The third kappa shape index (κ3) is 6.21. The predicted molar refractivity (Wildman–Crippen MR) is 89.9 cm³/mol. The molecule has 1 rings (SSSR count). The Balaban J connectivity index is 2.81. The molecule has 0 saturated carbocycles. The number of rotatable bonds is 6. The molecule has 0 unspecified atom stereocenters. The molecule has 6 nitrogen and oxygen atoms in total. The van der Waals surface area contributed by atoms with Crippen LogP contribution >= 0.6 is 0 Å². The van der Waals surface area contributed by atoms with E-state index in [0.717, 1.165) is 10.5 Å². The van der Waals surface area contributed by atoms with Gasteiger partial charge in [-0.3, -0.25) is 4.90 Å². The number of aliphatic carboxylic acids is 1. The summed E-state index contributed by atoms with van der Waals surface area (Å²) in [5, 5.41) is 9.43. The van der Waals surface area contributed by atoms with E-state index in [4.69, 9.17) is 15.9 Å². The molecule has 0 saturated heterocycles. The molecule has 0 bridgehead atoms. The SMILES string of the molecule is C#CCOc1ccc(C[C@@H](C(=O)O)N(C)C(=O)OC(C)(C)C)cc1. The van der Waals surface area contributed by atoms with E-state index in [2.05, 4.69) is 5.92 Å². The number of terminal acetylenes is 1. The van der Waals surface area contributed by atoms with Crippen molar-refractivity contribution in [1.29, 1.82) is 0 Å². The van der Waals surface area contributed by atoms with Crippen LogP contribution in [0.25, 0.3) is 0 Å². The van der Waals surface area contributed by atoms with Crippen molar-refractivity contribution in [2.24, 2.45) is 0 Å². The molecule has 1 amide bonds. The van der Waals surface area contributed by atoms with Crippen LogP contribution in [0.1, 0.15) is 26.3 Å². The minimum Gasteiger partial charge on any atom is -0.481 e. The fourth-order valence-electron chi connectivity index (χ4n) is 1.92. The Kier molecular flexibility index (Phi) is 6.66. The molecule has 130 valence electrons. The lowest BCUT2D eigenvalue weighted by atomic mass is 10.1. The first kappa shape index (κ1) is 19.4. The molecule has 6 heteroatoms. The van der Waals surface area contributed by atoms with Crippen LogP contribution in [0.4, 0.5) is 4.79 Å². The number of ether oxygens (including phenoxy) is 2. The lowest BCUT2D eigenvalue weighted by molar-refractivity contribution is -0.142. The molecule has 1 atom stereocenters. The van der Waals surface area contributed by atoms with Crippen molar-refractivity contribution >= 4 is 12.1 Å². The van der Waals surface area contributed by atoms with Crippen LogP contribution in [-0.4, -0.2) is 47.4 Å². The fourth-order valence-corrected chi connectivity index (χ4v) is 1.92. The topological polar surface area (TPSA) is 76.1 Å². The molecule has 0 heterocycles. The summed E-state index contributed by atoms with van der Waals surface area (Å²) in [6.07, 6.45) is 4.60. The molecule has 0 aromatic heterocycles. The monoisotopic (exact) mass is 333 g/mol. The van der Waals surface area contributed by atoms with Crippen LogP contribution in [0.5, 0.6) is 5.75 Å². The fraction of sp³-hybridized carbons (Fsp3) is 0.444. The summed E-state index contributed by atoms with van der Waals surface area (Å²) in [6, 6.07) is 5.87. The van der Waals surface area contributed by atoms with Crippen molar-refractivity contribution in [3.8, 4) is 18.1 Å². The van der Waals surface area contributed by atoms with Crippen molar-refractivity contribution in [1.82, 2.24) is 4.90 Å². The highest BCUT2D eigenvalue weighted by Gasteiger charge is 2.30. The first-order chi connectivity index (χ1) is 11.1. The van der Waals surface area contributed by atoms with E-state index in [1.165, 1.54) is 7.05 Å². The van der Waals surface area contributed by atoms with Crippen LogP contribution in [0, 0.1) is 12.3 Å². The summed E-state index contributed by atoms with van der Waals surface area (Å²) in [5.41, 5.74) is 0.0654. The molecule has 1 N–H and O–H groups in total. The Labute approximate surface area is 142 Å². The van der Waals surface area contributed by atoms with Crippen molar-refractivity contribution in [3.05, 3.63) is 29.8 Å². The van der Waals surface area contributed by atoms with E-state index in [1.807, 2.05) is 0 Å². The lowest BCUT2D eigenvalue weighted by Gasteiger charge is -2.28. The summed E-state index contributed by atoms with van der Waals surface area (Å²) in [7, 11) is 1.41. The first-order valence-corrected chi connectivity index (χ1v) is 7.48. The number of carbonyl (C=O) groups excluding carboxylic acids is 1. The maximum Gasteiger partial charge on any atom is 0.410 e. The summed E-state index contributed by atoms with van der Waals surface area (Å²) < 4.78 is 10.5. The first-order valence-electron chi connectivity index (χ1n) is 7.48. The Morgan fingerprint density at radius 1 is 1.29 bits per heavy atom. The second-order valence-corrected chi connectivity index (χ2v) is 6.29. The second-order valence-electron chi connectivity index (χ2n) is 6.29. The zero-order valence-electron chi connectivity index (χ0n) is 14.4. The molecule has 0 radical (unpaired) electrons. The van der Waals surface area contributed by atoms with Gasteiger partial charge in [0.25, 0.3) is 0 Å². The van der Waals surface area contributed by atoms with Crippen LogP contribution < -0.4 is 4.74 Å².